The molecule has 0 bridgehead atoms. The van der Waals surface area contributed by atoms with Crippen LogP contribution in [0.4, 0.5) is 10.8 Å². The van der Waals surface area contributed by atoms with Crippen molar-refractivity contribution >= 4 is 57.2 Å². The van der Waals surface area contributed by atoms with Crippen LogP contribution < -0.4 is 16.0 Å². The predicted octanol–water partition coefficient (Wildman–Crippen LogP) is 5.54. The maximum Gasteiger partial charge on any atom is 0.234 e. The summed E-state index contributed by atoms with van der Waals surface area (Å²) in [6, 6.07) is 17.0. The molecule has 3 N–H and O–H groups in total. The number of nitriles is 1. The number of Topliss-reactive ketones (excluding diaryl/α,β-unsaturated/α-hetero) is 1. The highest BCUT2D eigenvalue weighted by molar-refractivity contribution is 8.01. The normalized spacial score (nSPS) is 17.3. The lowest BCUT2D eigenvalue weighted by Crippen LogP contribution is -2.38. The van der Waals surface area contributed by atoms with Gasteiger partial charge >= 0.3 is 0 Å². The third-order valence-electron chi connectivity index (χ3n) is 6.46. The highest BCUT2D eigenvalue weighted by Gasteiger charge is 2.41. The average molecular weight is 563 g/mol. The molecule has 2 aromatic carbocycles. The van der Waals surface area contributed by atoms with Crippen molar-refractivity contribution < 1.29 is 9.59 Å². The van der Waals surface area contributed by atoms with Gasteiger partial charge in [-0.15, -0.1) is 10.2 Å². The number of nitrogens with one attached hydrogen (secondary N) is 1. The van der Waals surface area contributed by atoms with Crippen LogP contribution in [0.3, 0.4) is 0 Å². The van der Waals surface area contributed by atoms with Crippen LogP contribution >= 0.6 is 34.7 Å². The Labute approximate surface area is 233 Å². The van der Waals surface area contributed by atoms with Crippen molar-refractivity contribution in [1.29, 1.82) is 5.26 Å². The number of rotatable bonds is 6. The molecule has 11 heteroatoms. The number of nitrogens with zero attached hydrogens (tertiary/aromatic N) is 4. The summed E-state index contributed by atoms with van der Waals surface area (Å²) < 4.78 is 0.573. The van der Waals surface area contributed by atoms with E-state index < -0.39 is 5.92 Å². The summed E-state index contributed by atoms with van der Waals surface area (Å²) >= 11 is 9.02. The molecule has 1 amide bonds. The second-order valence-corrected chi connectivity index (χ2v) is 11.4. The molecule has 3 aromatic rings. The number of carbonyl (C=O) groups is 2. The van der Waals surface area contributed by atoms with Gasteiger partial charge in [-0.3, -0.25) is 14.5 Å². The standard InChI is InChI=1S/C27H23ClN6O2S2/c1-15-7-2-5-10-19(15)31-22(36)14-37-27-33-32-26(38-27)34-20-11-6-12-21(35)24(20)23(17(13-29)25(34)30)16-8-3-4-9-18(16)28/h2-5,7-10,23H,6,11-12,14,30H2,1H3,(H,31,36). The number of amides is 1. The van der Waals surface area contributed by atoms with Crippen molar-refractivity contribution in [3.05, 3.63) is 87.3 Å². The molecule has 2 aliphatic rings. The van der Waals surface area contributed by atoms with Gasteiger partial charge < -0.3 is 11.1 Å². The molecule has 1 unspecified atom stereocenters. The van der Waals surface area contributed by atoms with Crippen molar-refractivity contribution in [2.45, 2.75) is 36.4 Å². The van der Waals surface area contributed by atoms with Crippen LogP contribution in [0.15, 0.2) is 75.5 Å². The van der Waals surface area contributed by atoms with Crippen LogP contribution in [0, 0.1) is 18.3 Å². The lowest BCUT2D eigenvalue weighted by Gasteiger charge is -2.38. The zero-order valence-corrected chi connectivity index (χ0v) is 22.8. The first-order valence-electron chi connectivity index (χ1n) is 11.9. The zero-order chi connectivity index (χ0) is 26.8. The number of hydrogen-bond donors (Lipinski definition) is 2. The largest absolute Gasteiger partial charge is 0.384 e. The van der Waals surface area contributed by atoms with E-state index in [0.29, 0.717) is 50.6 Å². The van der Waals surface area contributed by atoms with Gasteiger partial charge in [0.2, 0.25) is 11.0 Å². The fraction of sp³-hybridized carbons (Fsp3) is 0.222. The molecule has 8 nitrogen and oxygen atoms in total. The molecule has 0 saturated heterocycles. The molecule has 1 aliphatic heterocycles. The molecular weight excluding hydrogens is 540 g/mol. The minimum Gasteiger partial charge on any atom is -0.384 e. The van der Waals surface area contributed by atoms with Crippen molar-refractivity contribution in [3.8, 4) is 6.07 Å². The number of carbonyl (C=O) groups excluding carboxylic acids is 2. The van der Waals surface area contributed by atoms with Crippen LogP contribution in [0.2, 0.25) is 5.02 Å². The first-order chi connectivity index (χ1) is 18.4. The molecular formula is C27H23ClN6O2S2. The minimum atomic E-state index is -0.639. The van der Waals surface area contributed by atoms with E-state index in [1.165, 1.54) is 23.1 Å². The second-order valence-electron chi connectivity index (χ2n) is 8.84. The third-order valence-corrected chi connectivity index (χ3v) is 8.85. The Balaban J connectivity index is 1.44. The number of ketones is 1. The summed E-state index contributed by atoms with van der Waals surface area (Å²) in [4.78, 5) is 27.4. The Kier molecular flexibility index (Phi) is 7.51. The zero-order valence-electron chi connectivity index (χ0n) is 20.4. The summed E-state index contributed by atoms with van der Waals surface area (Å²) in [5.41, 5.74) is 10.5. The van der Waals surface area contributed by atoms with Crippen LogP contribution in [0.5, 0.6) is 0 Å². The number of para-hydroxylation sites is 1. The molecule has 0 fully saturated rings. The van der Waals surface area contributed by atoms with Crippen molar-refractivity contribution in [2.75, 3.05) is 16.0 Å². The summed E-state index contributed by atoms with van der Waals surface area (Å²) in [6.07, 6.45) is 1.65. The monoisotopic (exact) mass is 562 g/mol. The van der Waals surface area contributed by atoms with Gasteiger partial charge in [-0.1, -0.05) is 71.1 Å². The van der Waals surface area contributed by atoms with Gasteiger partial charge in [0, 0.05) is 28.4 Å². The van der Waals surface area contributed by atoms with Crippen LogP contribution in [-0.2, 0) is 9.59 Å². The van der Waals surface area contributed by atoms with Gasteiger partial charge in [-0.05, 0) is 43.0 Å². The van der Waals surface area contributed by atoms with Crippen molar-refractivity contribution in [2.24, 2.45) is 5.73 Å². The molecule has 38 heavy (non-hydrogen) atoms. The van der Waals surface area contributed by atoms with Crippen LogP contribution in [-0.4, -0.2) is 27.6 Å². The first-order valence-corrected chi connectivity index (χ1v) is 14.1. The van der Waals surface area contributed by atoms with Gasteiger partial charge in [-0.25, -0.2) is 0 Å². The smallest absolute Gasteiger partial charge is 0.234 e. The maximum atomic E-state index is 13.2. The summed E-state index contributed by atoms with van der Waals surface area (Å²) in [5, 5.41) is 22.5. The number of aromatic nitrogens is 2. The molecule has 0 radical (unpaired) electrons. The third kappa shape index (κ3) is 4.92. The Morgan fingerprint density at radius 2 is 2.00 bits per heavy atom. The Morgan fingerprint density at radius 3 is 2.76 bits per heavy atom. The van der Waals surface area contributed by atoms with E-state index in [0.717, 1.165) is 11.3 Å². The molecule has 5 rings (SSSR count). The number of thioether (sulfide) groups is 1. The number of halogens is 1. The first kappa shape index (κ1) is 26.0. The van der Waals surface area contributed by atoms with E-state index in [2.05, 4.69) is 21.6 Å². The van der Waals surface area contributed by atoms with Gasteiger partial charge in [0.25, 0.3) is 0 Å². The SMILES string of the molecule is Cc1ccccc1NC(=O)CSc1nnc(N2C(N)=C(C#N)C(c3ccccc3Cl)C3=C2CCCC3=O)s1. The van der Waals surface area contributed by atoms with Gasteiger partial charge in [0.15, 0.2) is 10.1 Å². The number of aryl methyl sites for hydroxylation is 1. The lowest BCUT2D eigenvalue weighted by molar-refractivity contribution is -0.116. The van der Waals surface area contributed by atoms with E-state index in [-0.39, 0.29) is 28.8 Å². The number of benzene rings is 2. The molecule has 1 aliphatic carbocycles. The highest BCUT2D eigenvalue weighted by Crippen LogP contribution is 2.48. The average Bonchev–Trinajstić information content (AvgIpc) is 3.37. The van der Waals surface area contributed by atoms with E-state index in [1.54, 1.807) is 17.0 Å². The molecule has 1 aromatic heterocycles. The lowest BCUT2D eigenvalue weighted by atomic mass is 9.76. The van der Waals surface area contributed by atoms with E-state index in [1.807, 2.05) is 43.3 Å². The number of nitrogens with two attached hydrogens (primary N) is 1. The van der Waals surface area contributed by atoms with E-state index >= 15 is 0 Å². The van der Waals surface area contributed by atoms with Gasteiger partial charge in [0.1, 0.15) is 5.82 Å². The Morgan fingerprint density at radius 1 is 1.24 bits per heavy atom. The molecule has 2 heterocycles. The summed E-state index contributed by atoms with van der Waals surface area (Å²) in [7, 11) is 0. The Hall–Kier alpha value is -3.65. The van der Waals surface area contributed by atoms with Crippen LogP contribution in [0.25, 0.3) is 0 Å². The second kappa shape index (κ2) is 11.0. The number of anilines is 2. The Bertz CT molecular complexity index is 1540. The molecule has 192 valence electrons. The maximum absolute atomic E-state index is 13.2. The van der Waals surface area contributed by atoms with E-state index in [4.69, 9.17) is 17.3 Å². The predicted molar refractivity (Wildman–Crippen MR) is 150 cm³/mol. The van der Waals surface area contributed by atoms with Crippen molar-refractivity contribution in [1.82, 2.24) is 10.2 Å². The van der Waals surface area contributed by atoms with Crippen molar-refractivity contribution in [3.63, 3.8) is 0 Å². The molecule has 0 spiro atoms. The quantitative estimate of drug-likeness (QED) is 0.375. The van der Waals surface area contributed by atoms with Gasteiger partial charge in [0.05, 0.1) is 23.3 Å². The highest BCUT2D eigenvalue weighted by atomic mass is 35.5. The molecule has 0 saturated carbocycles. The number of hydrogen-bond acceptors (Lipinski definition) is 9. The minimum absolute atomic E-state index is 0.0339. The molecule has 1 atom stereocenters. The fourth-order valence-corrected chi connectivity index (χ4v) is 6.63. The topological polar surface area (TPSA) is 125 Å². The van der Waals surface area contributed by atoms with E-state index in [9.17, 15) is 14.9 Å². The fourth-order valence-electron chi connectivity index (χ4n) is 4.70. The summed E-state index contributed by atoms with van der Waals surface area (Å²) in [5.74, 6) is -0.474. The number of allylic oxidation sites excluding steroid dienone is 3. The van der Waals surface area contributed by atoms with Gasteiger partial charge in [-0.2, -0.15) is 5.26 Å². The summed E-state index contributed by atoms with van der Waals surface area (Å²) in [6.45, 7) is 1.93. The van der Waals surface area contributed by atoms with Crippen LogP contribution in [0.1, 0.15) is 36.3 Å².